The molecule has 0 spiro atoms. The maximum absolute atomic E-state index is 5.70. The molecule has 1 unspecified atom stereocenters. The average Bonchev–Trinajstić information content (AvgIpc) is 2.62. The van der Waals surface area contributed by atoms with Crippen LogP contribution in [0.3, 0.4) is 0 Å². The first kappa shape index (κ1) is 17.9. The number of piperidine rings is 1. The zero-order valence-electron chi connectivity index (χ0n) is 15.0. The highest BCUT2D eigenvalue weighted by Gasteiger charge is 2.23. The first-order chi connectivity index (χ1) is 11.8. The van der Waals surface area contributed by atoms with E-state index >= 15 is 0 Å². The minimum absolute atomic E-state index is 0.731. The highest BCUT2D eigenvalue weighted by Crippen LogP contribution is 2.23. The Balaban J connectivity index is 1.54. The zero-order chi connectivity index (χ0) is 16.6. The largest absolute Gasteiger partial charge is 0.379 e. The average molecular weight is 332 g/mol. The van der Waals surface area contributed by atoms with Gasteiger partial charge in [-0.1, -0.05) is 30.7 Å². The lowest BCUT2D eigenvalue weighted by Gasteiger charge is -2.37. The molecule has 2 N–H and O–H groups in total. The van der Waals surface area contributed by atoms with Gasteiger partial charge in [-0.3, -0.25) is 9.80 Å². The summed E-state index contributed by atoms with van der Waals surface area (Å²) in [4.78, 5) is 5.28. The van der Waals surface area contributed by atoms with E-state index in [0.717, 1.165) is 51.9 Å². The Morgan fingerprint density at radius 1 is 1.08 bits per heavy atom. The van der Waals surface area contributed by atoms with Gasteiger partial charge in [-0.15, -0.1) is 0 Å². The third kappa shape index (κ3) is 5.28. The zero-order valence-corrected chi connectivity index (χ0v) is 15.0. The number of hydrogen-bond acceptors (Lipinski definition) is 4. The fourth-order valence-electron chi connectivity index (χ4n) is 4.04. The number of ether oxygens (including phenoxy) is 1. The molecule has 2 heterocycles. The smallest absolute Gasteiger partial charge is 0.0594 e. The topological polar surface area (TPSA) is 41.7 Å². The number of benzene rings is 1. The van der Waals surface area contributed by atoms with Crippen LogP contribution in [0.1, 0.15) is 36.8 Å². The van der Waals surface area contributed by atoms with Crippen molar-refractivity contribution < 1.29 is 4.74 Å². The number of hydrogen-bond donors (Lipinski definition) is 1. The molecule has 0 aliphatic carbocycles. The molecule has 1 aromatic carbocycles. The number of rotatable bonds is 7. The number of nitrogens with zero attached hydrogens (tertiary/aromatic N) is 2. The molecule has 1 aromatic rings. The highest BCUT2D eigenvalue weighted by atomic mass is 16.5. The van der Waals surface area contributed by atoms with E-state index in [0.29, 0.717) is 0 Å². The van der Waals surface area contributed by atoms with Gasteiger partial charge in [0.15, 0.2) is 0 Å². The van der Waals surface area contributed by atoms with E-state index in [2.05, 4.69) is 34.1 Å². The van der Waals surface area contributed by atoms with Crippen molar-refractivity contribution in [3.05, 3.63) is 35.4 Å². The van der Waals surface area contributed by atoms with Crippen LogP contribution < -0.4 is 5.73 Å². The Morgan fingerprint density at radius 3 is 2.75 bits per heavy atom. The van der Waals surface area contributed by atoms with E-state index in [-0.39, 0.29) is 0 Å². The van der Waals surface area contributed by atoms with Crippen molar-refractivity contribution in [1.82, 2.24) is 9.80 Å². The summed E-state index contributed by atoms with van der Waals surface area (Å²) in [5, 5.41) is 0. The summed E-state index contributed by atoms with van der Waals surface area (Å²) in [7, 11) is 0. The van der Waals surface area contributed by atoms with Gasteiger partial charge in [0, 0.05) is 25.7 Å². The van der Waals surface area contributed by atoms with Gasteiger partial charge in [-0.25, -0.2) is 0 Å². The van der Waals surface area contributed by atoms with E-state index in [4.69, 9.17) is 10.5 Å². The first-order valence-electron chi connectivity index (χ1n) is 9.67. The first-order valence-corrected chi connectivity index (χ1v) is 9.67. The molecule has 2 aliphatic rings. The second kappa shape index (κ2) is 9.52. The molecule has 0 bridgehead atoms. The Morgan fingerprint density at radius 2 is 1.92 bits per heavy atom. The van der Waals surface area contributed by atoms with Gasteiger partial charge >= 0.3 is 0 Å². The third-order valence-electron chi connectivity index (χ3n) is 5.44. The van der Waals surface area contributed by atoms with Crippen molar-refractivity contribution in [2.75, 3.05) is 45.9 Å². The molecule has 4 heteroatoms. The van der Waals surface area contributed by atoms with Gasteiger partial charge in [0.1, 0.15) is 0 Å². The fraction of sp³-hybridized carbons (Fsp3) is 0.700. The summed E-state index contributed by atoms with van der Waals surface area (Å²) >= 11 is 0. The van der Waals surface area contributed by atoms with E-state index in [1.165, 1.54) is 49.9 Å². The van der Waals surface area contributed by atoms with E-state index in [1.54, 1.807) is 0 Å². The van der Waals surface area contributed by atoms with Crippen LogP contribution in [0.4, 0.5) is 0 Å². The quantitative estimate of drug-likeness (QED) is 0.832. The molecule has 0 saturated carbocycles. The number of morpholine rings is 1. The molecule has 0 aromatic heterocycles. The second-order valence-corrected chi connectivity index (χ2v) is 7.22. The van der Waals surface area contributed by atoms with Gasteiger partial charge in [-0.2, -0.15) is 0 Å². The standard InChI is InChI=1S/C20H33N3O/c21-9-7-18-4-3-5-19(16-18)17-23-10-2-1-6-20(23)8-11-22-12-14-24-15-13-22/h3-5,16,20H,1-2,6-15,17,21H2. The number of nitrogens with two attached hydrogens (primary N) is 1. The molecule has 24 heavy (non-hydrogen) atoms. The minimum atomic E-state index is 0.731. The van der Waals surface area contributed by atoms with Crippen molar-refractivity contribution in [3.63, 3.8) is 0 Å². The maximum atomic E-state index is 5.70. The summed E-state index contributed by atoms with van der Waals surface area (Å²) in [6.07, 6.45) is 6.36. The van der Waals surface area contributed by atoms with Crippen LogP contribution in [-0.4, -0.2) is 61.8 Å². The van der Waals surface area contributed by atoms with Crippen LogP contribution in [0.5, 0.6) is 0 Å². The lowest BCUT2D eigenvalue weighted by atomic mass is 9.97. The summed E-state index contributed by atoms with van der Waals surface area (Å²) < 4.78 is 5.46. The van der Waals surface area contributed by atoms with Gasteiger partial charge < -0.3 is 10.5 Å². The van der Waals surface area contributed by atoms with Crippen LogP contribution in [-0.2, 0) is 17.7 Å². The van der Waals surface area contributed by atoms with Crippen molar-refractivity contribution >= 4 is 0 Å². The van der Waals surface area contributed by atoms with Crippen molar-refractivity contribution in [3.8, 4) is 0 Å². The van der Waals surface area contributed by atoms with Crippen molar-refractivity contribution in [2.24, 2.45) is 5.73 Å². The molecular weight excluding hydrogens is 298 g/mol. The molecule has 2 saturated heterocycles. The van der Waals surface area contributed by atoms with Crippen LogP contribution in [0.15, 0.2) is 24.3 Å². The Kier molecular flexibility index (Phi) is 7.09. The van der Waals surface area contributed by atoms with Crippen LogP contribution in [0.2, 0.25) is 0 Å². The van der Waals surface area contributed by atoms with Gasteiger partial charge in [0.05, 0.1) is 13.2 Å². The van der Waals surface area contributed by atoms with E-state index in [1.807, 2.05) is 0 Å². The lowest BCUT2D eigenvalue weighted by molar-refractivity contribution is 0.0302. The SMILES string of the molecule is NCCc1cccc(CN2CCCCC2CCN2CCOCC2)c1. The van der Waals surface area contributed by atoms with Crippen molar-refractivity contribution in [2.45, 2.75) is 44.7 Å². The van der Waals surface area contributed by atoms with Crippen LogP contribution >= 0.6 is 0 Å². The fourth-order valence-corrected chi connectivity index (χ4v) is 4.04. The summed E-state index contributed by atoms with van der Waals surface area (Å²) in [6.45, 7) is 8.31. The summed E-state index contributed by atoms with van der Waals surface area (Å²) in [6, 6.07) is 9.74. The second-order valence-electron chi connectivity index (χ2n) is 7.22. The monoisotopic (exact) mass is 331 g/mol. The predicted molar refractivity (Wildman–Crippen MR) is 99.1 cm³/mol. The predicted octanol–water partition coefficient (Wildman–Crippen LogP) is 2.26. The Hall–Kier alpha value is -0.940. The molecule has 4 nitrogen and oxygen atoms in total. The highest BCUT2D eigenvalue weighted by molar-refractivity contribution is 5.23. The normalized spacial score (nSPS) is 23.5. The Labute approximate surface area is 147 Å². The lowest BCUT2D eigenvalue weighted by Crippen LogP contribution is -2.43. The van der Waals surface area contributed by atoms with Crippen LogP contribution in [0.25, 0.3) is 0 Å². The van der Waals surface area contributed by atoms with E-state index in [9.17, 15) is 0 Å². The maximum Gasteiger partial charge on any atom is 0.0594 e. The Bertz CT molecular complexity index is 488. The third-order valence-corrected chi connectivity index (χ3v) is 5.44. The molecular formula is C20H33N3O. The van der Waals surface area contributed by atoms with Gasteiger partial charge in [0.25, 0.3) is 0 Å². The molecule has 2 aliphatic heterocycles. The molecule has 0 radical (unpaired) electrons. The van der Waals surface area contributed by atoms with Gasteiger partial charge in [-0.05, 0) is 56.4 Å². The minimum Gasteiger partial charge on any atom is -0.379 e. The van der Waals surface area contributed by atoms with Crippen LogP contribution in [0, 0.1) is 0 Å². The van der Waals surface area contributed by atoms with E-state index < -0.39 is 0 Å². The molecule has 2 fully saturated rings. The molecule has 0 amide bonds. The molecule has 3 rings (SSSR count). The molecule has 134 valence electrons. The molecule has 1 atom stereocenters. The van der Waals surface area contributed by atoms with Crippen molar-refractivity contribution in [1.29, 1.82) is 0 Å². The van der Waals surface area contributed by atoms with Gasteiger partial charge in [0.2, 0.25) is 0 Å². The summed E-state index contributed by atoms with van der Waals surface area (Å²) in [5.74, 6) is 0. The number of likely N-dealkylation sites (tertiary alicyclic amines) is 1. The summed E-state index contributed by atoms with van der Waals surface area (Å²) in [5.41, 5.74) is 8.52.